The van der Waals surface area contributed by atoms with Crippen LogP contribution < -0.4 is 15.0 Å². The normalized spacial score (nSPS) is 22.1. The standard InChI is InChI=1S/C33H34F2N6O4/c1-20(42)39(2)18-26-19-40(25-7-5-24(6-8-25)33(34,35)32-12-10-21(15-32)11-13-32)31(44)29-27(17-37-41(26)29)38-30(43)22-4-9-28(45-3)23(14-22)16-36/h4-9,14,17,21,26H,10-13,15,18-19H2,1-3H3,(H,38,43). The van der Waals surface area contributed by atoms with Crippen molar-refractivity contribution < 1.29 is 27.9 Å². The molecule has 2 aliphatic carbocycles. The Morgan fingerprint density at radius 2 is 1.91 bits per heavy atom. The topological polar surface area (TPSA) is 121 Å². The van der Waals surface area contributed by atoms with Crippen LogP contribution in [0.2, 0.25) is 0 Å². The van der Waals surface area contributed by atoms with Crippen molar-refractivity contribution in [1.82, 2.24) is 14.7 Å². The van der Waals surface area contributed by atoms with Gasteiger partial charge in [0.2, 0.25) is 5.91 Å². The smallest absolute Gasteiger partial charge is 0.278 e. The molecule has 3 aromatic rings. The number of fused-ring (bicyclic) bond motifs is 3. The van der Waals surface area contributed by atoms with Gasteiger partial charge in [-0.3, -0.25) is 19.1 Å². The minimum atomic E-state index is -2.97. The average molecular weight is 617 g/mol. The van der Waals surface area contributed by atoms with Crippen LogP contribution >= 0.6 is 0 Å². The van der Waals surface area contributed by atoms with Gasteiger partial charge < -0.3 is 19.9 Å². The number of amides is 3. The second kappa shape index (κ2) is 11.3. The van der Waals surface area contributed by atoms with E-state index in [1.54, 1.807) is 7.05 Å². The third-order valence-electron chi connectivity index (χ3n) is 9.78. The van der Waals surface area contributed by atoms with Crippen LogP contribution in [0.1, 0.15) is 77.0 Å². The number of carbonyl (C=O) groups excluding carboxylic acids is 3. The first-order valence-corrected chi connectivity index (χ1v) is 15.0. The van der Waals surface area contributed by atoms with Gasteiger partial charge in [0, 0.05) is 42.7 Å². The van der Waals surface area contributed by atoms with Crippen molar-refractivity contribution in [2.45, 2.75) is 51.0 Å². The maximum atomic E-state index is 15.8. The number of ether oxygens (including phenoxy) is 1. The molecule has 234 valence electrons. The summed E-state index contributed by atoms with van der Waals surface area (Å²) in [5.41, 5.74) is -0.0686. The summed E-state index contributed by atoms with van der Waals surface area (Å²) in [6, 6.07) is 11.8. The number of anilines is 2. The minimum Gasteiger partial charge on any atom is -0.495 e. The van der Waals surface area contributed by atoms with Gasteiger partial charge in [-0.1, -0.05) is 12.1 Å². The highest BCUT2D eigenvalue weighted by molar-refractivity contribution is 6.13. The summed E-state index contributed by atoms with van der Waals surface area (Å²) in [6.45, 7) is 1.77. The van der Waals surface area contributed by atoms with E-state index in [0.717, 1.165) is 12.8 Å². The molecule has 2 saturated carbocycles. The van der Waals surface area contributed by atoms with Crippen molar-refractivity contribution in [3.63, 3.8) is 0 Å². The molecule has 1 unspecified atom stereocenters. The van der Waals surface area contributed by atoms with Crippen LogP contribution in [0.25, 0.3) is 0 Å². The first-order chi connectivity index (χ1) is 21.5. The number of nitrogens with one attached hydrogen (secondary N) is 1. The lowest BCUT2D eigenvalue weighted by atomic mass is 9.75. The van der Waals surface area contributed by atoms with E-state index in [0.29, 0.717) is 36.6 Å². The number of carbonyl (C=O) groups is 3. The molecular weight excluding hydrogens is 582 g/mol. The Labute approximate surface area is 259 Å². The van der Waals surface area contributed by atoms with Crippen LogP contribution in [0.15, 0.2) is 48.7 Å². The maximum absolute atomic E-state index is 15.8. The highest BCUT2D eigenvalue weighted by Gasteiger charge is 2.60. The fraction of sp³-hybridized carbons (Fsp3) is 0.424. The zero-order chi connectivity index (χ0) is 32.1. The summed E-state index contributed by atoms with van der Waals surface area (Å²) in [6.07, 6.45) is 4.64. The number of likely N-dealkylation sites (N-methyl/N-ethyl adjacent to an activating group) is 1. The molecule has 2 heterocycles. The van der Waals surface area contributed by atoms with E-state index in [-0.39, 0.29) is 47.1 Å². The molecule has 2 bridgehead atoms. The first-order valence-electron chi connectivity index (χ1n) is 15.0. The molecule has 1 aromatic heterocycles. The van der Waals surface area contributed by atoms with Gasteiger partial charge in [-0.05, 0) is 68.4 Å². The van der Waals surface area contributed by atoms with Crippen molar-refractivity contribution in [3.05, 3.63) is 71.0 Å². The molecule has 3 amide bonds. The van der Waals surface area contributed by atoms with Crippen molar-refractivity contribution in [3.8, 4) is 11.8 Å². The number of alkyl halides is 2. The number of aromatic nitrogens is 2. The second-order valence-corrected chi connectivity index (χ2v) is 12.4. The van der Waals surface area contributed by atoms with Crippen LogP contribution in [-0.2, 0) is 10.7 Å². The largest absolute Gasteiger partial charge is 0.495 e. The Bertz CT molecular complexity index is 1700. The quantitative estimate of drug-likeness (QED) is 0.364. The third-order valence-corrected chi connectivity index (χ3v) is 9.78. The van der Waals surface area contributed by atoms with E-state index < -0.39 is 29.2 Å². The number of halogens is 2. The Hall–Kier alpha value is -4.79. The van der Waals surface area contributed by atoms with Crippen LogP contribution in [0.4, 0.5) is 20.2 Å². The van der Waals surface area contributed by atoms with Gasteiger partial charge in [0.1, 0.15) is 11.8 Å². The van der Waals surface area contributed by atoms with Crippen LogP contribution in [0.3, 0.4) is 0 Å². The molecule has 0 radical (unpaired) electrons. The van der Waals surface area contributed by atoms with Crippen LogP contribution in [0.5, 0.6) is 5.75 Å². The zero-order valence-corrected chi connectivity index (χ0v) is 25.3. The highest BCUT2D eigenvalue weighted by Crippen LogP contribution is 2.64. The maximum Gasteiger partial charge on any atom is 0.278 e. The fourth-order valence-electron chi connectivity index (χ4n) is 7.17. The van der Waals surface area contributed by atoms with E-state index in [4.69, 9.17) is 4.74 Å². The monoisotopic (exact) mass is 616 g/mol. The number of nitrogens with zero attached hydrogens (tertiary/aromatic N) is 5. The summed E-state index contributed by atoms with van der Waals surface area (Å²) in [7, 11) is 3.06. The lowest BCUT2D eigenvalue weighted by Crippen LogP contribution is -2.47. The van der Waals surface area contributed by atoms with Gasteiger partial charge in [-0.15, -0.1) is 0 Å². The number of hydrogen-bond donors (Lipinski definition) is 1. The summed E-state index contributed by atoms with van der Waals surface area (Å²) in [5.74, 6) is -3.51. The Morgan fingerprint density at radius 1 is 1.20 bits per heavy atom. The number of benzene rings is 2. The van der Waals surface area contributed by atoms with E-state index in [2.05, 4.69) is 10.4 Å². The molecule has 0 spiro atoms. The Balaban J connectivity index is 1.31. The van der Waals surface area contributed by atoms with Gasteiger partial charge in [0.25, 0.3) is 17.7 Å². The third kappa shape index (κ3) is 5.10. The molecular formula is C33H34F2N6O4. The summed E-state index contributed by atoms with van der Waals surface area (Å²) in [4.78, 5) is 42.3. The number of nitriles is 1. The summed E-state index contributed by atoms with van der Waals surface area (Å²) >= 11 is 0. The lowest BCUT2D eigenvalue weighted by molar-refractivity contribution is -0.128. The first kappa shape index (κ1) is 30.2. The molecule has 1 atom stereocenters. The van der Waals surface area contributed by atoms with Gasteiger partial charge >= 0.3 is 0 Å². The van der Waals surface area contributed by atoms with Gasteiger partial charge in [0.05, 0.1) is 37.1 Å². The van der Waals surface area contributed by atoms with Crippen molar-refractivity contribution in [1.29, 1.82) is 5.26 Å². The van der Waals surface area contributed by atoms with Crippen LogP contribution in [-0.4, -0.2) is 59.6 Å². The molecule has 1 N–H and O–H groups in total. The van der Waals surface area contributed by atoms with Crippen LogP contribution in [0, 0.1) is 22.7 Å². The SMILES string of the molecule is COc1ccc(C(=O)Nc2cnn3c2C(=O)N(c2ccc(C(F)(F)C45CCC(CC4)C5)cc2)CC3CN(C)C(C)=O)cc1C#N. The molecule has 3 aliphatic rings. The number of hydrogen-bond acceptors (Lipinski definition) is 6. The molecule has 2 fully saturated rings. The second-order valence-electron chi connectivity index (χ2n) is 12.4. The molecule has 12 heteroatoms. The minimum absolute atomic E-state index is 0.0552. The van der Waals surface area contributed by atoms with Crippen molar-refractivity contribution in [2.75, 3.05) is 37.5 Å². The lowest BCUT2D eigenvalue weighted by Gasteiger charge is -2.37. The molecule has 0 saturated heterocycles. The zero-order valence-electron chi connectivity index (χ0n) is 25.3. The predicted molar refractivity (Wildman–Crippen MR) is 161 cm³/mol. The molecule has 45 heavy (non-hydrogen) atoms. The molecule has 2 aromatic carbocycles. The van der Waals surface area contributed by atoms with E-state index in [1.807, 2.05) is 6.07 Å². The van der Waals surface area contributed by atoms with E-state index in [1.165, 1.54) is 77.2 Å². The van der Waals surface area contributed by atoms with Gasteiger partial charge in [0.15, 0.2) is 5.69 Å². The predicted octanol–water partition coefficient (Wildman–Crippen LogP) is 5.37. The van der Waals surface area contributed by atoms with Gasteiger partial charge in [-0.2, -0.15) is 10.4 Å². The number of methoxy groups -OCH3 is 1. The molecule has 6 rings (SSSR count). The highest BCUT2D eigenvalue weighted by atomic mass is 19.3. The fourth-order valence-corrected chi connectivity index (χ4v) is 7.17. The Morgan fingerprint density at radius 3 is 2.51 bits per heavy atom. The van der Waals surface area contributed by atoms with E-state index in [9.17, 15) is 19.6 Å². The van der Waals surface area contributed by atoms with Crippen molar-refractivity contribution >= 4 is 29.1 Å². The van der Waals surface area contributed by atoms with E-state index >= 15 is 8.78 Å². The molecule has 10 nitrogen and oxygen atoms in total. The average Bonchev–Trinajstić information content (AvgIpc) is 3.79. The molecule has 1 aliphatic heterocycles. The van der Waals surface area contributed by atoms with Crippen molar-refractivity contribution in [2.24, 2.45) is 11.3 Å². The Kier molecular flexibility index (Phi) is 7.59. The number of rotatable bonds is 8. The summed E-state index contributed by atoms with van der Waals surface area (Å²) < 4.78 is 38.3. The summed E-state index contributed by atoms with van der Waals surface area (Å²) in [5, 5.41) is 16.6. The van der Waals surface area contributed by atoms with Gasteiger partial charge in [-0.25, -0.2) is 8.78 Å².